The average Bonchev–Trinajstić information content (AvgIpc) is 2.79. The summed E-state index contributed by atoms with van der Waals surface area (Å²) >= 11 is 0. The van der Waals surface area contributed by atoms with Crippen molar-refractivity contribution in [3.05, 3.63) is 35.9 Å². The van der Waals surface area contributed by atoms with Crippen molar-refractivity contribution < 1.29 is 9.59 Å². The second kappa shape index (κ2) is 14.5. The lowest BCUT2D eigenvalue weighted by molar-refractivity contribution is -0.140. The third-order valence-electron chi connectivity index (χ3n) is 5.53. The van der Waals surface area contributed by atoms with E-state index in [1.165, 1.54) is 5.56 Å². The normalized spacial score (nSPS) is 14.6. The molecule has 1 aliphatic rings. The van der Waals surface area contributed by atoms with Gasteiger partial charge in [0.05, 0.1) is 6.54 Å². The Labute approximate surface area is 193 Å². The Morgan fingerprint density at radius 3 is 2.22 bits per heavy atom. The molecule has 0 unspecified atom stereocenters. The van der Waals surface area contributed by atoms with Crippen molar-refractivity contribution in [2.75, 3.05) is 39.3 Å². The van der Waals surface area contributed by atoms with Crippen LogP contribution in [0.1, 0.15) is 58.4 Å². The van der Waals surface area contributed by atoms with Crippen LogP contribution in [-0.4, -0.2) is 66.8 Å². The molecule has 0 aromatic heterocycles. The van der Waals surface area contributed by atoms with Crippen molar-refractivity contribution in [1.82, 2.24) is 20.4 Å². The van der Waals surface area contributed by atoms with Crippen LogP contribution >= 0.6 is 0 Å². The van der Waals surface area contributed by atoms with Crippen molar-refractivity contribution in [1.29, 1.82) is 0 Å². The van der Waals surface area contributed by atoms with Gasteiger partial charge in [0.25, 0.3) is 0 Å². The fraction of sp³-hybridized carbons (Fsp3) is 0.640. The first kappa shape index (κ1) is 25.7. The molecule has 32 heavy (non-hydrogen) atoms. The molecular weight excluding hydrogens is 402 g/mol. The molecule has 0 spiro atoms. The molecule has 7 heteroatoms. The van der Waals surface area contributed by atoms with E-state index in [1.807, 2.05) is 28.0 Å². The molecule has 178 valence electrons. The summed E-state index contributed by atoms with van der Waals surface area (Å²) in [6, 6.07) is 10.2. The fourth-order valence-electron chi connectivity index (χ4n) is 3.72. The van der Waals surface area contributed by atoms with Crippen LogP contribution in [0.2, 0.25) is 0 Å². The smallest absolute Gasteiger partial charge is 0.222 e. The minimum absolute atomic E-state index is 0.212. The SMILES string of the molecule is CCNC(=NCc1ccccc1)NCCCCCC(=O)N1CCN(C(=O)CC(C)C)CC1. The largest absolute Gasteiger partial charge is 0.357 e. The number of hydrogen-bond donors (Lipinski definition) is 2. The molecule has 0 bridgehead atoms. The molecule has 1 fully saturated rings. The predicted octanol–water partition coefficient (Wildman–Crippen LogP) is 3.02. The third-order valence-corrected chi connectivity index (χ3v) is 5.53. The van der Waals surface area contributed by atoms with Crippen molar-refractivity contribution in [2.45, 2.75) is 59.4 Å². The van der Waals surface area contributed by atoms with Gasteiger partial charge in [0.15, 0.2) is 5.96 Å². The van der Waals surface area contributed by atoms with E-state index in [9.17, 15) is 9.59 Å². The highest BCUT2D eigenvalue weighted by atomic mass is 16.2. The summed E-state index contributed by atoms with van der Waals surface area (Å²) in [5, 5.41) is 6.65. The van der Waals surface area contributed by atoms with Gasteiger partial charge in [0.1, 0.15) is 0 Å². The van der Waals surface area contributed by atoms with Gasteiger partial charge < -0.3 is 20.4 Å². The van der Waals surface area contributed by atoms with Gasteiger partial charge in [0, 0.05) is 52.1 Å². The Morgan fingerprint density at radius 2 is 1.59 bits per heavy atom. The maximum absolute atomic E-state index is 12.5. The summed E-state index contributed by atoms with van der Waals surface area (Å²) in [6.07, 6.45) is 4.07. The lowest BCUT2D eigenvalue weighted by Crippen LogP contribution is -2.50. The molecule has 0 saturated carbocycles. The van der Waals surface area contributed by atoms with E-state index < -0.39 is 0 Å². The zero-order valence-electron chi connectivity index (χ0n) is 20.1. The molecule has 0 atom stereocenters. The number of amides is 2. The maximum atomic E-state index is 12.5. The van der Waals surface area contributed by atoms with Gasteiger partial charge in [-0.2, -0.15) is 0 Å². The highest BCUT2D eigenvalue weighted by molar-refractivity contribution is 5.80. The van der Waals surface area contributed by atoms with E-state index in [1.54, 1.807) is 0 Å². The molecular formula is C25H41N5O2. The highest BCUT2D eigenvalue weighted by Crippen LogP contribution is 2.10. The van der Waals surface area contributed by atoms with Crippen LogP contribution < -0.4 is 10.6 Å². The van der Waals surface area contributed by atoms with E-state index in [2.05, 4.69) is 48.5 Å². The number of nitrogens with zero attached hydrogens (tertiary/aromatic N) is 3. The minimum Gasteiger partial charge on any atom is -0.357 e. The summed E-state index contributed by atoms with van der Waals surface area (Å²) in [7, 11) is 0. The van der Waals surface area contributed by atoms with Gasteiger partial charge in [-0.25, -0.2) is 4.99 Å². The second-order valence-electron chi connectivity index (χ2n) is 8.78. The summed E-state index contributed by atoms with van der Waals surface area (Å²) in [5.74, 6) is 1.63. The van der Waals surface area contributed by atoms with Crippen LogP contribution in [0.3, 0.4) is 0 Å². The lowest BCUT2D eigenvalue weighted by Gasteiger charge is -2.35. The highest BCUT2D eigenvalue weighted by Gasteiger charge is 2.23. The van der Waals surface area contributed by atoms with Gasteiger partial charge in [0.2, 0.25) is 11.8 Å². The predicted molar refractivity (Wildman–Crippen MR) is 130 cm³/mol. The zero-order chi connectivity index (χ0) is 23.2. The summed E-state index contributed by atoms with van der Waals surface area (Å²) in [4.78, 5) is 33.1. The number of piperazine rings is 1. The van der Waals surface area contributed by atoms with Crippen LogP contribution in [0.4, 0.5) is 0 Å². The molecule has 0 aliphatic carbocycles. The molecule has 2 amide bonds. The van der Waals surface area contributed by atoms with E-state index in [-0.39, 0.29) is 11.8 Å². The first-order valence-corrected chi connectivity index (χ1v) is 12.1. The topological polar surface area (TPSA) is 77.0 Å². The summed E-state index contributed by atoms with van der Waals surface area (Å²) in [6.45, 7) is 11.1. The number of rotatable bonds is 11. The van der Waals surface area contributed by atoms with Crippen molar-refractivity contribution >= 4 is 17.8 Å². The first-order valence-electron chi connectivity index (χ1n) is 12.1. The Bertz CT molecular complexity index is 712. The maximum Gasteiger partial charge on any atom is 0.222 e. The first-order chi connectivity index (χ1) is 15.5. The number of guanidine groups is 1. The van der Waals surface area contributed by atoms with Crippen LogP contribution in [-0.2, 0) is 16.1 Å². The number of nitrogens with one attached hydrogen (secondary N) is 2. The molecule has 1 heterocycles. The zero-order valence-corrected chi connectivity index (χ0v) is 20.1. The second-order valence-corrected chi connectivity index (χ2v) is 8.78. The molecule has 7 nitrogen and oxygen atoms in total. The van der Waals surface area contributed by atoms with Crippen molar-refractivity contribution in [3.63, 3.8) is 0 Å². The van der Waals surface area contributed by atoms with E-state index in [0.29, 0.717) is 51.5 Å². The molecule has 2 N–H and O–H groups in total. The number of hydrogen-bond acceptors (Lipinski definition) is 3. The van der Waals surface area contributed by atoms with Crippen LogP contribution in [0, 0.1) is 5.92 Å². The standard InChI is InChI=1S/C25H41N5O2/c1-4-26-25(28-20-22-11-7-5-8-12-22)27-14-10-6-9-13-23(31)29-15-17-30(18-16-29)24(32)19-21(2)3/h5,7-8,11-12,21H,4,6,9-10,13-20H2,1-3H3,(H2,26,27,28). The van der Waals surface area contributed by atoms with E-state index in [4.69, 9.17) is 0 Å². The van der Waals surface area contributed by atoms with Gasteiger partial charge >= 0.3 is 0 Å². The number of unbranched alkanes of at least 4 members (excludes halogenated alkanes) is 2. The van der Waals surface area contributed by atoms with Crippen LogP contribution in [0.15, 0.2) is 35.3 Å². The van der Waals surface area contributed by atoms with Gasteiger partial charge in [-0.3, -0.25) is 9.59 Å². The fourth-order valence-corrected chi connectivity index (χ4v) is 3.72. The molecule has 1 aromatic rings. The van der Waals surface area contributed by atoms with E-state index in [0.717, 1.165) is 38.3 Å². The average molecular weight is 444 g/mol. The third kappa shape index (κ3) is 9.71. The minimum atomic E-state index is 0.212. The summed E-state index contributed by atoms with van der Waals surface area (Å²) in [5.41, 5.74) is 1.19. The van der Waals surface area contributed by atoms with E-state index >= 15 is 0 Å². The van der Waals surface area contributed by atoms with Crippen LogP contribution in [0.5, 0.6) is 0 Å². The Kier molecular flexibility index (Phi) is 11.6. The molecule has 0 radical (unpaired) electrons. The van der Waals surface area contributed by atoms with Gasteiger partial charge in [-0.05, 0) is 31.2 Å². The van der Waals surface area contributed by atoms with Gasteiger partial charge in [-0.15, -0.1) is 0 Å². The Hall–Kier alpha value is -2.57. The quantitative estimate of drug-likeness (QED) is 0.313. The molecule has 1 saturated heterocycles. The number of carbonyl (C=O) groups excluding carboxylic acids is 2. The number of aliphatic imine (C=N–C) groups is 1. The molecule has 1 aliphatic heterocycles. The number of benzene rings is 1. The molecule has 1 aromatic carbocycles. The lowest BCUT2D eigenvalue weighted by atomic mass is 10.1. The number of carbonyl (C=O) groups is 2. The molecule has 2 rings (SSSR count). The summed E-state index contributed by atoms with van der Waals surface area (Å²) < 4.78 is 0. The van der Waals surface area contributed by atoms with Crippen LogP contribution in [0.25, 0.3) is 0 Å². The van der Waals surface area contributed by atoms with Crippen molar-refractivity contribution in [2.24, 2.45) is 10.9 Å². The van der Waals surface area contributed by atoms with Crippen molar-refractivity contribution in [3.8, 4) is 0 Å². The Morgan fingerprint density at radius 1 is 0.938 bits per heavy atom. The van der Waals surface area contributed by atoms with Gasteiger partial charge in [-0.1, -0.05) is 50.6 Å². The monoisotopic (exact) mass is 443 g/mol. The Balaban J connectivity index is 1.58.